The van der Waals surface area contributed by atoms with E-state index < -0.39 is 0 Å². The fourth-order valence-electron chi connectivity index (χ4n) is 3.67. The minimum atomic E-state index is -0.189. The Morgan fingerprint density at radius 3 is 2.52 bits per heavy atom. The average Bonchev–Trinajstić information content (AvgIpc) is 3.00. The van der Waals surface area contributed by atoms with Crippen LogP contribution in [0.4, 0.5) is 5.69 Å². The van der Waals surface area contributed by atoms with Crippen molar-refractivity contribution in [3.05, 3.63) is 63.8 Å². The summed E-state index contributed by atoms with van der Waals surface area (Å²) in [5, 5.41) is 3.99. The Labute approximate surface area is 182 Å². The normalized spacial score (nSPS) is 14.2. The van der Waals surface area contributed by atoms with Crippen molar-refractivity contribution in [3.8, 4) is 0 Å². The first kappa shape index (κ1) is 20.0. The fourth-order valence-corrected chi connectivity index (χ4v) is 5.35. The second-order valence-electron chi connectivity index (χ2n) is 7.13. The number of amides is 2. The van der Waals surface area contributed by atoms with Crippen LogP contribution >= 0.6 is 27.7 Å². The first-order valence-electron chi connectivity index (χ1n) is 9.49. The van der Waals surface area contributed by atoms with E-state index in [1.807, 2.05) is 71.6 Å². The molecule has 2 heterocycles. The molecule has 0 unspecified atom stereocenters. The number of carbonyl (C=O) groups is 2. The molecule has 29 heavy (non-hydrogen) atoms. The molecule has 0 aliphatic carbocycles. The third-order valence-corrected chi connectivity index (χ3v) is 7.03. The van der Waals surface area contributed by atoms with Gasteiger partial charge >= 0.3 is 0 Å². The molecule has 4 rings (SSSR count). The number of aromatic nitrogens is 1. The van der Waals surface area contributed by atoms with Gasteiger partial charge < -0.3 is 14.8 Å². The SMILES string of the molecule is Cc1cc(C(=O)N2CCSCC2)ccc1NC(=O)c1c(Br)c2ccccc2n1C. The van der Waals surface area contributed by atoms with E-state index in [1.165, 1.54) is 0 Å². The number of hydrogen-bond donors (Lipinski definition) is 1. The molecule has 2 aromatic carbocycles. The van der Waals surface area contributed by atoms with E-state index in [1.54, 1.807) is 6.07 Å². The lowest BCUT2D eigenvalue weighted by atomic mass is 10.1. The summed E-state index contributed by atoms with van der Waals surface area (Å²) < 4.78 is 2.66. The molecule has 150 valence electrons. The number of carbonyl (C=O) groups excluding carboxylic acids is 2. The average molecular weight is 472 g/mol. The zero-order valence-corrected chi connectivity index (χ0v) is 18.8. The van der Waals surface area contributed by atoms with E-state index in [2.05, 4.69) is 21.2 Å². The quantitative estimate of drug-likeness (QED) is 0.602. The maximum absolute atomic E-state index is 13.0. The van der Waals surface area contributed by atoms with Gasteiger partial charge in [-0.3, -0.25) is 9.59 Å². The van der Waals surface area contributed by atoms with Gasteiger partial charge in [-0.05, 0) is 52.7 Å². The Balaban J connectivity index is 1.57. The number of halogens is 1. The predicted molar refractivity (Wildman–Crippen MR) is 123 cm³/mol. The van der Waals surface area contributed by atoms with Crippen molar-refractivity contribution in [2.75, 3.05) is 29.9 Å². The largest absolute Gasteiger partial charge is 0.339 e. The van der Waals surface area contributed by atoms with E-state index in [9.17, 15) is 9.59 Å². The second-order valence-corrected chi connectivity index (χ2v) is 9.14. The summed E-state index contributed by atoms with van der Waals surface area (Å²) in [7, 11) is 1.88. The summed E-state index contributed by atoms with van der Waals surface area (Å²) in [5.74, 6) is 1.84. The van der Waals surface area contributed by atoms with Crippen LogP contribution in [0.1, 0.15) is 26.4 Å². The molecule has 5 nitrogen and oxygen atoms in total. The van der Waals surface area contributed by atoms with Crippen molar-refractivity contribution in [3.63, 3.8) is 0 Å². The number of aryl methyl sites for hydroxylation is 2. The topological polar surface area (TPSA) is 54.3 Å². The number of benzene rings is 2. The summed E-state index contributed by atoms with van der Waals surface area (Å²) in [6, 6.07) is 13.4. The highest BCUT2D eigenvalue weighted by atomic mass is 79.9. The molecule has 2 amide bonds. The van der Waals surface area contributed by atoms with Crippen molar-refractivity contribution >= 4 is 56.1 Å². The number of nitrogens with zero attached hydrogens (tertiary/aromatic N) is 2. The second kappa shape index (κ2) is 8.24. The molecule has 0 atom stereocenters. The molecule has 0 saturated carbocycles. The maximum Gasteiger partial charge on any atom is 0.273 e. The summed E-state index contributed by atoms with van der Waals surface area (Å²) in [6.45, 7) is 3.49. The van der Waals surface area contributed by atoms with Gasteiger partial charge in [-0.15, -0.1) is 0 Å². The molecule has 1 aliphatic rings. The molecular weight excluding hydrogens is 450 g/mol. The molecular formula is C22H22BrN3O2S. The van der Waals surface area contributed by atoms with Gasteiger partial charge in [-0.25, -0.2) is 0 Å². The van der Waals surface area contributed by atoms with Crippen molar-refractivity contribution < 1.29 is 9.59 Å². The molecule has 1 aromatic heterocycles. The molecule has 1 saturated heterocycles. The van der Waals surface area contributed by atoms with Gasteiger partial charge in [-0.2, -0.15) is 11.8 Å². The Bertz CT molecular complexity index is 1060. The third kappa shape index (κ3) is 3.81. The van der Waals surface area contributed by atoms with E-state index in [0.717, 1.165) is 45.5 Å². The Morgan fingerprint density at radius 1 is 1.10 bits per heavy atom. The molecule has 1 N–H and O–H groups in total. The summed E-state index contributed by atoms with van der Waals surface area (Å²) >= 11 is 5.45. The van der Waals surface area contributed by atoms with Crippen LogP contribution in [0.2, 0.25) is 0 Å². The third-order valence-electron chi connectivity index (χ3n) is 5.28. The maximum atomic E-state index is 13.0. The standard InChI is InChI=1S/C22H22BrN3O2S/c1-14-13-15(22(28)26-9-11-29-12-10-26)7-8-17(14)24-21(27)20-19(23)16-5-3-4-6-18(16)25(20)2/h3-8,13H,9-12H2,1-2H3,(H,24,27). The number of nitrogens with one attached hydrogen (secondary N) is 1. The van der Waals surface area contributed by atoms with Crippen LogP contribution in [0.5, 0.6) is 0 Å². The Morgan fingerprint density at radius 2 is 1.83 bits per heavy atom. The summed E-state index contributed by atoms with van der Waals surface area (Å²) in [4.78, 5) is 27.6. The van der Waals surface area contributed by atoms with Gasteiger partial charge in [0.15, 0.2) is 0 Å². The van der Waals surface area contributed by atoms with Gasteiger partial charge in [0.05, 0.1) is 4.47 Å². The van der Waals surface area contributed by atoms with E-state index in [0.29, 0.717) is 16.9 Å². The minimum absolute atomic E-state index is 0.0581. The molecule has 1 fully saturated rings. The highest BCUT2D eigenvalue weighted by Crippen LogP contribution is 2.31. The number of para-hydroxylation sites is 1. The van der Waals surface area contributed by atoms with E-state index in [4.69, 9.17) is 0 Å². The lowest BCUT2D eigenvalue weighted by Gasteiger charge is -2.26. The van der Waals surface area contributed by atoms with Crippen LogP contribution in [0.15, 0.2) is 46.9 Å². The minimum Gasteiger partial charge on any atom is -0.339 e. The van der Waals surface area contributed by atoms with Crippen LogP contribution in [-0.4, -0.2) is 45.9 Å². The molecule has 0 spiro atoms. The van der Waals surface area contributed by atoms with Gasteiger partial charge in [0.2, 0.25) is 0 Å². The van der Waals surface area contributed by atoms with Crippen LogP contribution in [0, 0.1) is 6.92 Å². The Hall–Kier alpha value is -2.25. The van der Waals surface area contributed by atoms with Gasteiger partial charge in [0, 0.05) is 53.8 Å². The molecule has 7 heteroatoms. The summed E-state index contributed by atoms with van der Waals surface area (Å²) in [6.07, 6.45) is 0. The highest BCUT2D eigenvalue weighted by molar-refractivity contribution is 9.10. The monoisotopic (exact) mass is 471 g/mol. The van der Waals surface area contributed by atoms with Crippen LogP contribution in [-0.2, 0) is 7.05 Å². The van der Waals surface area contributed by atoms with E-state index >= 15 is 0 Å². The highest BCUT2D eigenvalue weighted by Gasteiger charge is 2.21. The van der Waals surface area contributed by atoms with E-state index in [-0.39, 0.29) is 11.8 Å². The smallest absolute Gasteiger partial charge is 0.273 e. The first-order valence-corrected chi connectivity index (χ1v) is 11.4. The van der Waals surface area contributed by atoms with Crippen LogP contribution < -0.4 is 5.32 Å². The van der Waals surface area contributed by atoms with Gasteiger partial charge in [0.25, 0.3) is 11.8 Å². The predicted octanol–water partition coefficient (Wildman–Crippen LogP) is 4.69. The van der Waals surface area contributed by atoms with Crippen molar-refractivity contribution in [1.82, 2.24) is 9.47 Å². The number of anilines is 1. The lowest BCUT2D eigenvalue weighted by molar-refractivity contribution is 0.0772. The lowest BCUT2D eigenvalue weighted by Crippen LogP contribution is -2.37. The molecule has 1 aliphatic heterocycles. The van der Waals surface area contributed by atoms with Crippen LogP contribution in [0.25, 0.3) is 10.9 Å². The zero-order chi connectivity index (χ0) is 20.5. The molecule has 0 radical (unpaired) electrons. The number of thioether (sulfide) groups is 1. The number of hydrogen-bond acceptors (Lipinski definition) is 3. The summed E-state index contributed by atoms with van der Waals surface area (Å²) in [5.41, 5.74) is 3.79. The molecule has 0 bridgehead atoms. The number of fused-ring (bicyclic) bond motifs is 1. The Kier molecular flexibility index (Phi) is 5.69. The van der Waals surface area contributed by atoms with Gasteiger partial charge in [-0.1, -0.05) is 18.2 Å². The van der Waals surface area contributed by atoms with Crippen LogP contribution in [0.3, 0.4) is 0 Å². The first-order chi connectivity index (χ1) is 14.0. The van der Waals surface area contributed by atoms with Crippen molar-refractivity contribution in [1.29, 1.82) is 0 Å². The molecule has 3 aromatic rings. The fraction of sp³-hybridized carbons (Fsp3) is 0.273. The van der Waals surface area contributed by atoms with Gasteiger partial charge in [0.1, 0.15) is 5.69 Å². The number of rotatable bonds is 3. The van der Waals surface area contributed by atoms with Crippen molar-refractivity contribution in [2.45, 2.75) is 6.92 Å². The zero-order valence-electron chi connectivity index (χ0n) is 16.4. The van der Waals surface area contributed by atoms with Crippen molar-refractivity contribution in [2.24, 2.45) is 7.05 Å².